The van der Waals surface area contributed by atoms with Crippen LogP contribution in [-0.4, -0.2) is 61.9 Å². The molecule has 1 amide bonds. The van der Waals surface area contributed by atoms with Gasteiger partial charge in [0.05, 0.1) is 18.0 Å². The number of benzene rings is 1. The number of fused-ring (bicyclic) bond motifs is 1. The third kappa shape index (κ3) is 5.23. The number of nitrogens with one attached hydrogen (secondary N) is 2. The van der Waals surface area contributed by atoms with Crippen molar-refractivity contribution >= 4 is 23.3 Å². The summed E-state index contributed by atoms with van der Waals surface area (Å²) in [6, 6.07) is 10.9. The number of amides is 1. The van der Waals surface area contributed by atoms with Crippen LogP contribution in [0.1, 0.15) is 11.1 Å². The minimum Gasteiger partial charge on any atom is -0.483 e. The van der Waals surface area contributed by atoms with E-state index in [0.717, 1.165) is 22.5 Å². The second kappa shape index (κ2) is 9.81. The maximum Gasteiger partial charge on any atom is 0.290 e. The molecule has 1 fully saturated rings. The van der Waals surface area contributed by atoms with E-state index in [1.54, 1.807) is 11.1 Å². The Bertz CT molecular complexity index is 1180. The van der Waals surface area contributed by atoms with E-state index < -0.39 is 17.2 Å². The molecule has 4 rings (SSSR count). The normalized spacial score (nSPS) is 17.8. The van der Waals surface area contributed by atoms with Gasteiger partial charge in [0, 0.05) is 42.2 Å². The second-order valence-electron chi connectivity index (χ2n) is 7.21. The van der Waals surface area contributed by atoms with Gasteiger partial charge in [-0.05, 0) is 24.1 Å². The van der Waals surface area contributed by atoms with Crippen LogP contribution < -0.4 is 11.1 Å². The van der Waals surface area contributed by atoms with Crippen LogP contribution in [0.3, 0.4) is 0 Å². The fourth-order valence-electron chi connectivity index (χ4n) is 3.74. The van der Waals surface area contributed by atoms with Crippen LogP contribution >= 0.6 is 0 Å². The lowest BCUT2D eigenvalue weighted by Crippen LogP contribution is -2.33. The number of hydrogen-bond donors (Lipinski definition) is 4. The summed E-state index contributed by atoms with van der Waals surface area (Å²) in [5.74, 6) is -0.385. The number of rotatable bonds is 4. The van der Waals surface area contributed by atoms with E-state index in [1.165, 1.54) is 0 Å². The molecule has 3 aromatic rings. The molecule has 0 radical (unpaired) electrons. The molecule has 1 saturated heterocycles. The molecule has 1 aliphatic rings. The van der Waals surface area contributed by atoms with E-state index >= 15 is 0 Å². The van der Waals surface area contributed by atoms with Crippen LogP contribution in [0.5, 0.6) is 0 Å². The number of aliphatic hydroxyl groups is 1. The van der Waals surface area contributed by atoms with E-state index in [4.69, 9.17) is 9.90 Å². The molecule has 0 spiro atoms. The third-order valence-electron chi connectivity index (χ3n) is 5.22. The summed E-state index contributed by atoms with van der Waals surface area (Å²) in [5.41, 5.74) is 1.13. The summed E-state index contributed by atoms with van der Waals surface area (Å²) in [5, 5.41) is 22.8. The van der Waals surface area contributed by atoms with Crippen LogP contribution in [0.25, 0.3) is 10.9 Å². The standard InChI is InChI=1S/C20H20N4O4.CH2O2/c25-17-11-24(19(27)9-13-8-18(26)22-23-20(13)28)10-14(17)7-12-5-6-21-16-4-2-1-3-15(12)16;2-1-3/h1-6,8,14,17,25H,7,9-11H2,(H,22,26)(H,23,28);1H,(H,2,3)/t14-,17+;/m1./s1. The lowest BCUT2D eigenvalue weighted by molar-refractivity contribution is -0.130. The molecule has 2 aromatic heterocycles. The van der Waals surface area contributed by atoms with Crippen molar-refractivity contribution in [2.45, 2.75) is 18.9 Å². The Kier molecular flexibility index (Phi) is 6.93. The number of β-amino-alcohol motifs (C(OH)–C–C–N with tert-alkyl or cyclic N) is 1. The highest BCUT2D eigenvalue weighted by Gasteiger charge is 2.34. The van der Waals surface area contributed by atoms with Crippen molar-refractivity contribution in [3.8, 4) is 0 Å². The summed E-state index contributed by atoms with van der Waals surface area (Å²) >= 11 is 0. The number of likely N-dealkylation sites (tertiary alicyclic amines) is 1. The summed E-state index contributed by atoms with van der Waals surface area (Å²) in [6.45, 7) is 0.366. The Morgan fingerprint density at radius 3 is 2.68 bits per heavy atom. The summed E-state index contributed by atoms with van der Waals surface area (Å²) < 4.78 is 0. The van der Waals surface area contributed by atoms with Crippen LogP contribution in [0.15, 0.2) is 52.2 Å². The molecule has 10 heteroatoms. The molecule has 162 valence electrons. The zero-order valence-electron chi connectivity index (χ0n) is 16.5. The maximum atomic E-state index is 12.6. The van der Waals surface area contributed by atoms with E-state index in [-0.39, 0.29) is 36.8 Å². The average molecular weight is 426 g/mol. The van der Waals surface area contributed by atoms with Gasteiger partial charge in [-0.15, -0.1) is 0 Å². The molecule has 1 aliphatic heterocycles. The van der Waals surface area contributed by atoms with E-state index in [2.05, 4.69) is 15.2 Å². The topological polar surface area (TPSA) is 156 Å². The zero-order valence-corrected chi connectivity index (χ0v) is 16.5. The van der Waals surface area contributed by atoms with Crippen molar-refractivity contribution in [3.05, 3.63) is 74.4 Å². The molecule has 0 aliphatic carbocycles. The van der Waals surface area contributed by atoms with Crippen molar-refractivity contribution in [1.82, 2.24) is 20.1 Å². The van der Waals surface area contributed by atoms with E-state index in [0.29, 0.717) is 13.0 Å². The molecule has 1 aromatic carbocycles. The second-order valence-corrected chi connectivity index (χ2v) is 7.21. The lowest BCUT2D eigenvalue weighted by Gasteiger charge is -2.16. The Morgan fingerprint density at radius 2 is 1.90 bits per heavy atom. The first-order valence-corrected chi connectivity index (χ1v) is 9.60. The van der Waals surface area contributed by atoms with Gasteiger partial charge in [-0.2, -0.15) is 0 Å². The molecular weight excluding hydrogens is 404 g/mol. The first kappa shape index (κ1) is 21.9. The Labute approximate surface area is 176 Å². The van der Waals surface area contributed by atoms with Crippen LogP contribution in [-0.2, 0) is 22.4 Å². The molecule has 0 unspecified atom stereocenters. The van der Waals surface area contributed by atoms with Crippen LogP contribution in [0, 0.1) is 5.92 Å². The number of aromatic amines is 2. The van der Waals surface area contributed by atoms with Crippen LogP contribution in [0.2, 0.25) is 0 Å². The van der Waals surface area contributed by atoms with Gasteiger partial charge in [0.15, 0.2) is 0 Å². The summed E-state index contributed by atoms with van der Waals surface area (Å²) in [7, 11) is 0. The first-order valence-electron chi connectivity index (χ1n) is 9.60. The monoisotopic (exact) mass is 426 g/mol. The van der Waals surface area contributed by atoms with Crippen LogP contribution in [0.4, 0.5) is 0 Å². The smallest absolute Gasteiger partial charge is 0.290 e. The van der Waals surface area contributed by atoms with Gasteiger partial charge in [0.25, 0.3) is 17.6 Å². The van der Waals surface area contributed by atoms with Gasteiger partial charge in [-0.3, -0.25) is 34.4 Å². The number of carbonyl (C=O) groups is 2. The van der Waals surface area contributed by atoms with Crippen molar-refractivity contribution in [1.29, 1.82) is 0 Å². The van der Waals surface area contributed by atoms with E-state index in [9.17, 15) is 19.5 Å². The van der Waals surface area contributed by atoms with Gasteiger partial charge >= 0.3 is 0 Å². The summed E-state index contributed by atoms with van der Waals surface area (Å²) in [4.78, 5) is 50.0. The third-order valence-corrected chi connectivity index (χ3v) is 5.22. The van der Waals surface area contributed by atoms with Gasteiger partial charge in [-0.1, -0.05) is 18.2 Å². The molecular formula is C21H22N4O6. The molecule has 10 nitrogen and oxygen atoms in total. The number of nitrogens with zero attached hydrogens (tertiary/aromatic N) is 2. The lowest BCUT2D eigenvalue weighted by atomic mass is 9.94. The molecule has 0 bridgehead atoms. The number of carbonyl (C=O) groups excluding carboxylic acids is 1. The molecule has 3 heterocycles. The largest absolute Gasteiger partial charge is 0.483 e. The zero-order chi connectivity index (χ0) is 22.4. The predicted octanol–water partition coefficient (Wildman–Crippen LogP) is -0.0833. The number of H-pyrrole nitrogens is 2. The highest BCUT2D eigenvalue weighted by atomic mass is 16.3. The summed E-state index contributed by atoms with van der Waals surface area (Å²) in [6.07, 6.45) is 1.56. The molecule has 2 atom stereocenters. The van der Waals surface area contributed by atoms with Crippen molar-refractivity contribution in [2.24, 2.45) is 5.92 Å². The number of carboxylic acid groups (broad SMARTS) is 1. The Morgan fingerprint density at radius 1 is 1.16 bits per heavy atom. The van der Waals surface area contributed by atoms with Gasteiger partial charge in [0.1, 0.15) is 0 Å². The fraction of sp³-hybridized carbons (Fsp3) is 0.286. The van der Waals surface area contributed by atoms with Gasteiger partial charge in [-0.25, -0.2) is 0 Å². The number of aromatic nitrogens is 3. The Hall–Kier alpha value is -3.79. The van der Waals surface area contributed by atoms with Crippen molar-refractivity contribution in [3.63, 3.8) is 0 Å². The highest BCUT2D eigenvalue weighted by Crippen LogP contribution is 2.25. The van der Waals surface area contributed by atoms with Crippen molar-refractivity contribution in [2.75, 3.05) is 13.1 Å². The SMILES string of the molecule is O=C(Cc1cc(=O)[nH][nH]c1=O)N1C[C@@H](Cc2ccnc3ccccc23)[C@@H](O)C1.O=CO. The van der Waals surface area contributed by atoms with Crippen molar-refractivity contribution < 1.29 is 19.8 Å². The first-order chi connectivity index (χ1) is 14.9. The maximum absolute atomic E-state index is 12.6. The number of para-hydroxylation sites is 1. The predicted molar refractivity (Wildman–Crippen MR) is 112 cm³/mol. The van der Waals surface area contributed by atoms with E-state index in [1.807, 2.05) is 30.3 Å². The minimum absolute atomic E-state index is 0.104. The number of aliphatic hydroxyl groups excluding tert-OH is 1. The molecule has 31 heavy (non-hydrogen) atoms. The number of hydrogen-bond acceptors (Lipinski definition) is 6. The minimum atomic E-state index is -0.645. The number of pyridine rings is 1. The quantitative estimate of drug-likeness (QED) is 0.425. The fourth-order valence-corrected chi connectivity index (χ4v) is 3.74. The van der Waals surface area contributed by atoms with Gasteiger partial charge in [0.2, 0.25) is 5.91 Å². The Balaban J connectivity index is 0.000000858. The molecule has 4 N–H and O–H groups in total. The van der Waals surface area contributed by atoms with Gasteiger partial charge < -0.3 is 15.1 Å². The highest BCUT2D eigenvalue weighted by molar-refractivity contribution is 5.82. The average Bonchev–Trinajstić information content (AvgIpc) is 3.12. The molecule has 0 saturated carbocycles.